The van der Waals surface area contributed by atoms with Crippen LogP contribution < -0.4 is 0 Å². The number of hydrogen-bond acceptors (Lipinski definition) is 4. The van der Waals surface area contributed by atoms with Crippen LogP contribution in [0.2, 0.25) is 0 Å². The fourth-order valence-electron chi connectivity index (χ4n) is 1.84. The first kappa shape index (κ1) is 12.6. The maximum Gasteiger partial charge on any atom is 0.209 e. The predicted molar refractivity (Wildman–Crippen MR) is 68.2 cm³/mol. The summed E-state index contributed by atoms with van der Waals surface area (Å²) in [5.74, 6) is 1.23. The summed E-state index contributed by atoms with van der Waals surface area (Å²) in [6.45, 7) is 6.27. The standard InChI is InChI=1S/C12H19N3OS/c1-12(2,3)10-13-11(15-14-10)17-9-7-5-4-6-8(9)16/h9H,4-7H2,1-3H3,(H,13,14,15). The Morgan fingerprint density at radius 2 is 2.12 bits per heavy atom. The molecule has 1 saturated carbocycles. The first-order chi connectivity index (χ1) is 7.97. The van der Waals surface area contributed by atoms with Crippen molar-refractivity contribution >= 4 is 17.5 Å². The molecular formula is C12H19N3OS. The average Bonchev–Trinajstić information content (AvgIpc) is 2.69. The highest BCUT2D eigenvalue weighted by Crippen LogP contribution is 2.30. The van der Waals surface area contributed by atoms with E-state index in [1.165, 1.54) is 11.8 Å². The third-order valence-electron chi connectivity index (χ3n) is 2.92. The lowest BCUT2D eigenvalue weighted by atomic mass is 9.96. The van der Waals surface area contributed by atoms with Gasteiger partial charge in [0.15, 0.2) is 0 Å². The molecule has 94 valence electrons. The predicted octanol–water partition coefficient (Wildman–Crippen LogP) is 2.71. The van der Waals surface area contributed by atoms with E-state index < -0.39 is 0 Å². The summed E-state index contributed by atoms with van der Waals surface area (Å²) in [5.41, 5.74) is -0.0254. The van der Waals surface area contributed by atoms with Crippen LogP contribution in [-0.4, -0.2) is 26.2 Å². The number of Topliss-reactive ketones (excluding diaryl/α,β-unsaturated/α-hetero) is 1. The van der Waals surface area contributed by atoms with Crippen molar-refractivity contribution in [1.29, 1.82) is 0 Å². The molecule has 1 unspecified atom stereocenters. The molecule has 1 atom stereocenters. The molecule has 0 aromatic carbocycles. The van der Waals surface area contributed by atoms with Crippen LogP contribution in [0.4, 0.5) is 0 Å². The van der Waals surface area contributed by atoms with Crippen molar-refractivity contribution in [3.63, 3.8) is 0 Å². The van der Waals surface area contributed by atoms with E-state index in [2.05, 4.69) is 36.0 Å². The third-order valence-corrected chi connectivity index (χ3v) is 4.10. The molecule has 0 radical (unpaired) electrons. The van der Waals surface area contributed by atoms with Gasteiger partial charge in [-0.25, -0.2) is 4.98 Å². The van der Waals surface area contributed by atoms with Gasteiger partial charge in [0.25, 0.3) is 0 Å². The summed E-state index contributed by atoms with van der Waals surface area (Å²) >= 11 is 1.51. The molecule has 2 rings (SSSR count). The maximum atomic E-state index is 11.7. The van der Waals surface area contributed by atoms with E-state index in [-0.39, 0.29) is 10.7 Å². The summed E-state index contributed by atoms with van der Waals surface area (Å²) in [7, 11) is 0. The van der Waals surface area contributed by atoms with Crippen molar-refractivity contribution in [2.75, 3.05) is 0 Å². The fraction of sp³-hybridized carbons (Fsp3) is 0.750. The lowest BCUT2D eigenvalue weighted by Gasteiger charge is -2.18. The van der Waals surface area contributed by atoms with Crippen molar-refractivity contribution in [3.8, 4) is 0 Å². The first-order valence-electron chi connectivity index (χ1n) is 6.09. The number of thioether (sulfide) groups is 1. The normalized spacial score (nSPS) is 21.8. The highest BCUT2D eigenvalue weighted by molar-refractivity contribution is 8.00. The molecule has 4 nitrogen and oxygen atoms in total. The number of ketones is 1. The highest BCUT2D eigenvalue weighted by atomic mass is 32.2. The van der Waals surface area contributed by atoms with Gasteiger partial charge in [-0.05, 0) is 12.8 Å². The van der Waals surface area contributed by atoms with Crippen LogP contribution in [0, 0.1) is 0 Å². The summed E-state index contributed by atoms with van der Waals surface area (Å²) in [4.78, 5) is 16.2. The second-order valence-electron chi connectivity index (χ2n) is 5.54. The van der Waals surface area contributed by atoms with E-state index in [9.17, 15) is 4.79 Å². The lowest BCUT2D eigenvalue weighted by Crippen LogP contribution is -2.21. The number of nitrogens with one attached hydrogen (secondary N) is 1. The van der Waals surface area contributed by atoms with Gasteiger partial charge in [0, 0.05) is 11.8 Å². The summed E-state index contributed by atoms with van der Waals surface area (Å²) < 4.78 is 0. The van der Waals surface area contributed by atoms with E-state index >= 15 is 0 Å². The van der Waals surface area contributed by atoms with Gasteiger partial charge >= 0.3 is 0 Å². The Bertz CT molecular complexity index is 408. The Balaban J connectivity index is 2.03. The smallest absolute Gasteiger partial charge is 0.209 e. The zero-order valence-corrected chi connectivity index (χ0v) is 11.4. The number of aromatic nitrogens is 3. The summed E-state index contributed by atoms with van der Waals surface area (Å²) in [6.07, 6.45) is 3.86. The number of carbonyl (C=O) groups is 1. The van der Waals surface area contributed by atoms with Gasteiger partial charge in [0.05, 0.1) is 5.25 Å². The summed E-state index contributed by atoms with van der Waals surface area (Å²) in [5, 5.41) is 7.91. The molecule has 17 heavy (non-hydrogen) atoms. The third kappa shape index (κ3) is 3.09. The van der Waals surface area contributed by atoms with Crippen LogP contribution in [0.25, 0.3) is 0 Å². The fourth-order valence-corrected chi connectivity index (χ4v) is 2.87. The molecule has 0 aliphatic heterocycles. The minimum absolute atomic E-state index is 0.0254. The molecule has 1 aromatic heterocycles. The van der Waals surface area contributed by atoms with Crippen LogP contribution in [0.15, 0.2) is 5.16 Å². The molecule has 0 spiro atoms. The number of carbonyl (C=O) groups excluding carboxylic acids is 1. The minimum Gasteiger partial charge on any atom is -0.298 e. The molecule has 1 aliphatic carbocycles. The molecule has 0 amide bonds. The number of aromatic amines is 1. The van der Waals surface area contributed by atoms with E-state index in [1.807, 2.05) is 0 Å². The van der Waals surface area contributed by atoms with Crippen molar-refractivity contribution in [2.45, 2.75) is 62.3 Å². The second kappa shape index (κ2) is 4.80. The average molecular weight is 253 g/mol. The van der Waals surface area contributed by atoms with Crippen LogP contribution in [0.5, 0.6) is 0 Å². The highest BCUT2D eigenvalue weighted by Gasteiger charge is 2.26. The van der Waals surface area contributed by atoms with E-state index in [4.69, 9.17) is 0 Å². The largest absolute Gasteiger partial charge is 0.298 e. The zero-order chi connectivity index (χ0) is 12.5. The molecule has 0 bridgehead atoms. The van der Waals surface area contributed by atoms with Gasteiger partial charge in [-0.15, -0.1) is 5.10 Å². The number of rotatable bonds is 2. The van der Waals surface area contributed by atoms with E-state index in [1.54, 1.807) is 0 Å². The van der Waals surface area contributed by atoms with Gasteiger partial charge in [0.1, 0.15) is 11.6 Å². The Labute approximate surface area is 106 Å². The van der Waals surface area contributed by atoms with Crippen LogP contribution in [0.1, 0.15) is 52.3 Å². The quantitative estimate of drug-likeness (QED) is 0.880. The van der Waals surface area contributed by atoms with E-state index in [0.717, 1.165) is 25.1 Å². The minimum atomic E-state index is -0.0254. The van der Waals surface area contributed by atoms with Crippen molar-refractivity contribution in [2.24, 2.45) is 0 Å². The van der Waals surface area contributed by atoms with Gasteiger partial charge in [0.2, 0.25) is 5.16 Å². The van der Waals surface area contributed by atoms with Gasteiger partial charge in [-0.3, -0.25) is 9.89 Å². The Morgan fingerprint density at radius 3 is 2.71 bits per heavy atom. The number of H-pyrrole nitrogens is 1. The molecule has 1 aromatic rings. The molecule has 1 aliphatic rings. The maximum absolute atomic E-state index is 11.7. The molecule has 1 heterocycles. The van der Waals surface area contributed by atoms with Crippen LogP contribution in [0.3, 0.4) is 0 Å². The molecular weight excluding hydrogens is 234 g/mol. The second-order valence-corrected chi connectivity index (χ2v) is 6.71. The van der Waals surface area contributed by atoms with Gasteiger partial charge in [-0.1, -0.05) is 39.0 Å². The topological polar surface area (TPSA) is 58.6 Å². The Morgan fingerprint density at radius 1 is 1.35 bits per heavy atom. The molecule has 0 saturated heterocycles. The lowest BCUT2D eigenvalue weighted by molar-refractivity contribution is -0.119. The zero-order valence-electron chi connectivity index (χ0n) is 10.6. The molecule has 1 fully saturated rings. The number of nitrogens with zero attached hydrogens (tertiary/aromatic N) is 2. The molecule has 1 N–H and O–H groups in total. The Hall–Kier alpha value is -0.840. The van der Waals surface area contributed by atoms with Crippen LogP contribution in [-0.2, 0) is 10.2 Å². The van der Waals surface area contributed by atoms with Crippen molar-refractivity contribution in [1.82, 2.24) is 15.2 Å². The van der Waals surface area contributed by atoms with Gasteiger partial charge in [-0.2, -0.15) is 0 Å². The van der Waals surface area contributed by atoms with Crippen LogP contribution >= 0.6 is 11.8 Å². The van der Waals surface area contributed by atoms with Crippen molar-refractivity contribution < 1.29 is 4.79 Å². The first-order valence-corrected chi connectivity index (χ1v) is 6.97. The van der Waals surface area contributed by atoms with E-state index in [0.29, 0.717) is 17.4 Å². The summed E-state index contributed by atoms with van der Waals surface area (Å²) in [6, 6.07) is 0. The SMILES string of the molecule is CC(C)(C)c1nc(SC2CCCCC2=O)n[nH]1. The Kier molecular flexibility index (Phi) is 3.56. The monoisotopic (exact) mass is 253 g/mol. The van der Waals surface area contributed by atoms with Crippen molar-refractivity contribution in [3.05, 3.63) is 5.82 Å². The molecule has 5 heteroatoms. The number of hydrogen-bond donors (Lipinski definition) is 1. The van der Waals surface area contributed by atoms with Gasteiger partial charge < -0.3 is 0 Å².